The maximum absolute atomic E-state index is 6.17. The Kier molecular flexibility index (Phi) is 5.07. The Hall–Kier alpha value is -3.18. The third kappa shape index (κ3) is 3.49. The van der Waals surface area contributed by atoms with Crippen molar-refractivity contribution in [3.05, 3.63) is 65.2 Å². The number of aryl methyl sites for hydroxylation is 2. The van der Waals surface area contributed by atoms with Crippen molar-refractivity contribution in [3.63, 3.8) is 0 Å². The van der Waals surface area contributed by atoms with Crippen LogP contribution in [0.5, 0.6) is 11.5 Å². The lowest BCUT2D eigenvalue weighted by atomic mass is 10.0. The van der Waals surface area contributed by atoms with Gasteiger partial charge in [0.2, 0.25) is 5.95 Å². The molecule has 0 amide bonds. The van der Waals surface area contributed by atoms with Crippen molar-refractivity contribution >= 4 is 34.3 Å². The first-order valence-electron chi connectivity index (χ1n) is 9.23. The number of anilines is 2. The summed E-state index contributed by atoms with van der Waals surface area (Å²) in [6, 6.07) is 17.8. The zero-order chi connectivity index (χ0) is 20.5. The van der Waals surface area contributed by atoms with Crippen molar-refractivity contribution in [2.24, 2.45) is 7.05 Å². The van der Waals surface area contributed by atoms with Gasteiger partial charge in [0.15, 0.2) is 0 Å². The number of nitrogens with one attached hydrogen (secondary N) is 1. The van der Waals surface area contributed by atoms with Crippen molar-refractivity contribution in [1.82, 2.24) is 9.55 Å². The number of hydrogen-bond donors (Lipinski definition) is 1. The van der Waals surface area contributed by atoms with Crippen LogP contribution in [0.1, 0.15) is 5.56 Å². The summed E-state index contributed by atoms with van der Waals surface area (Å²) in [5.74, 6) is 2.22. The topological polar surface area (TPSA) is 48.3 Å². The molecule has 0 saturated carbocycles. The Bertz CT molecular complexity index is 1200. The second-order valence-electron chi connectivity index (χ2n) is 6.82. The van der Waals surface area contributed by atoms with E-state index in [1.807, 2.05) is 50.4 Å². The second-order valence-corrected chi connectivity index (χ2v) is 7.26. The molecule has 1 N–H and O–H groups in total. The maximum Gasteiger partial charge on any atom is 0.208 e. The number of rotatable bonds is 5. The fourth-order valence-corrected chi connectivity index (χ4v) is 3.81. The molecule has 1 aromatic heterocycles. The summed E-state index contributed by atoms with van der Waals surface area (Å²) in [5, 5.41) is 4.06. The quantitative estimate of drug-likeness (QED) is 0.443. The summed E-state index contributed by atoms with van der Waals surface area (Å²) in [6.45, 7) is 1.99. The molecule has 0 atom stereocenters. The van der Waals surface area contributed by atoms with Crippen molar-refractivity contribution in [2.45, 2.75) is 6.92 Å². The second kappa shape index (κ2) is 7.68. The molecular formula is C23H22ClN3O2. The van der Waals surface area contributed by atoms with E-state index in [1.54, 1.807) is 20.3 Å². The van der Waals surface area contributed by atoms with E-state index in [0.717, 1.165) is 45.1 Å². The fourth-order valence-electron chi connectivity index (χ4n) is 3.55. The molecule has 0 fully saturated rings. The molecule has 6 heteroatoms. The molecule has 0 aliphatic rings. The first-order chi connectivity index (χ1) is 14.0. The lowest BCUT2D eigenvalue weighted by molar-refractivity contribution is 0.415. The Morgan fingerprint density at radius 3 is 2.55 bits per heavy atom. The summed E-state index contributed by atoms with van der Waals surface area (Å²) in [4.78, 5) is 4.81. The summed E-state index contributed by atoms with van der Waals surface area (Å²) in [5.41, 5.74) is 5.93. The molecule has 0 unspecified atom stereocenters. The van der Waals surface area contributed by atoms with Gasteiger partial charge in [-0.3, -0.25) is 0 Å². The number of fused-ring (bicyclic) bond motifs is 1. The predicted octanol–water partition coefficient (Wildman–Crippen LogP) is 5.96. The first-order valence-corrected chi connectivity index (χ1v) is 9.60. The predicted molar refractivity (Wildman–Crippen MR) is 119 cm³/mol. The van der Waals surface area contributed by atoms with Gasteiger partial charge in [0, 0.05) is 23.7 Å². The van der Waals surface area contributed by atoms with E-state index in [-0.39, 0.29) is 0 Å². The van der Waals surface area contributed by atoms with E-state index in [9.17, 15) is 0 Å². The zero-order valence-electron chi connectivity index (χ0n) is 16.8. The van der Waals surface area contributed by atoms with Gasteiger partial charge in [-0.2, -0.15) is 0 Å². The third-order valence-electron chi connectivity index (χ3n) is 5.00. The summed E-state index contributed by atoms with van der Waals surface area (Å²) in [7, 11) is 5.30. The number of benzene rings is 3. The molecule has 0 spiro atoms. The van der Waals surface area contributed by atoms with E-state index in [1.165, 1.54) is 0 Å². The van der Waals surface area contributed by atoms with Gasteiger partial charge in [-0.25, -0.2) is 4.98 Å². The van der Waals surface area contributed by atoms with Gasteiger partial charge in [0.05, 0.1) is 30.9 Å². The van der Waals surface area contributed by atoms with E-state index < -0.39 is 0 Å². The SMILES string of the molecule is COc1cccc(-c2cccc3nc(Nc4c(C)cc(Cl)cc4OC)n(C)c23)c1. The lowest BCUT2D eigenvalue weighted by Gasteiger charge is -2.14. The Morgan fingerprint density at radius 2 is 1.79 bits per heavy atom. The molecule has 0 bridgehead atoms. The average Bonchev–Trinajstić information content (AvgIpc) is 3.05. The molecule has 3 aromatic carbocycles. The highest BCUT2D eigenvalue weighted by Crippen LogP contribution is 2.36. The van der Waals surface area contributed by atoms with Gasteiger partial charge in [-0.05, 0) is 42.3 Å². The van der Waals surface area contributed by atoms with Crippen LogP contribution in [0.3, 0.4) is 0 Å². The molecule has 148 valence electrons. The highest BCUT2D eigenvalue weighted by Gasteiger charge is 2.16. The normalized spacial score (nSPS) is 10.9. The first kappa shape index (κ1) is 19.2. The number of imidazole rings is 1. The minimum atomic E-state index is 0.634. The summed E-state index contributed by atoms with van der Waals surface area (Å²) in [6.07, 6.45) is 0. The minimum Gasteiger partial charge on any atom is -0.497 e. The van der Waals surface area contributed by atoms with Gasteiger partial charge in [0.1, 0.15) is 11.5 Å². The van der Waals surface area contributed by atoms with Gasteiger partial charge in [-0.1, -0.05) is 35.9 Å². The van der Waals surface area contributed by atoms with Crippen molar-refractivity contribution < 1.29 is 9.47 Å². The summed E-state index contributed by atoms with van der Waals surface area (Å²) < 4.78 is 13.0. The van der Waals surface area contributed by atoms with Crippen molar-refractivity contribution in [2.75, 3.05) is 19.5 Å². The standard InChI is InChI=1S/C23H22ClN3O2/c1-14-11-16(24)13-20(29-4)21(14)26-23-25-19-10-6-9-18(22(19)27(23)2)15-7-5-8-17(12-15)28-3/h5-13H,1-4H3,(H,25,26). The van der Waals surface area contributed by atoms with Crippen LogP contribution >= 0.6 is 11.6 Å². The molecule has 1 heterocycles. The Labute approximate surface area is 174 Å². The highest BCUT2D eigenvalue weighted by molar-refractivity contribution is 6.31. The number of ether oxygens (including phenoxy) is 2. The van der Waals surface area contributed by atoms with Crippen LogP contribution in [-0.4, -0.2) is 23.8 Å². The number of para-hydroxylation sites is 1. The smallest absolute Gasteiger partial charge is 0.208 e. The van der Waals surface area contributed by atoms with Crippen molar-refractivity contribution in [1.29, 1.82) is 0 Å². The number of aromatic nitrogens is 2. The molecule has 0 aliphatic heterocycles. The maximum atomic E-state index is 6.17. The molecule has 0 saturated heterocycles. The molecule has 4 aromatic rings. The average molecular weight is 408 g/mol. The van der Waals surface area contributed by atoms with Crippen LogP contribution in [0.15, 0.2) is 54.6 Å². The van der Waals surface area contributed by atoms with Crippen LogP contribution in [0.4, 0.5) is 11.6 Å². The highest BCUT2D eigenvalue weighted by atomic mass is 35.5. The van der Waals surface area contributed by atoms with Crippen molar-refractivity contribution in [3.8, 4) is 22.6 Å². The fraction of sp³-hybridized carbons (Fsp3) is 0.174. The molecule has 29 heavy (non-hydrogen) atoms. The molecule has 0 radical (unpaired) electrons. The van der Waals surface area contributed by atoms with Crippen LogP contribution in [0.25, 0.3) is 22.2 Å². The summed E-state index contributed by atoms with van der Waals surface area (Å²) >= 11 is 6.17. The largest absolute Gasteiger partial charge is 0.497 e. The van der Waals surface area contributed by atoms with E-state index in [2.05, 4.69) is 22.0 Å². The van der Waals surface area contributed by atoms with Gasteiger partial charge >= 0.3 is 0 Å². The van der Waals surface area contributed by atoms with Crippen LogP contribution in [0, 0.1) is 6.92 Å². The van der Waals surface area contributed by atoms with Crippen LogP contribution < -0.4 is 14.8 Å². The van der Waals surface area contributed by atoms with Gasteiger partial charge in [-0.15, -0.1) is 0 Å². The minimum absolute atomic E-state index is 0.634. The van der Waals surface area contributed by atoms with Crippen LogP contribution in [-0.2, 0) is 7.05 Å². The monoisotopic (exact) mass is 407 g/mol. The number of halogens is 1. The van der Waals surface area contributed by atoms with Crippen LogP contribution in [0.2, 0.25) is 5.02 Å². The third-order valence-corrected chi connectivity index (χ3v) is 5.21. The van der Waals surface area contributed by atoms with Gasteiger partial charge in [0.25, 0.3) is 0 Å². The molecule has 4 rings (SSSR count). The lowest BCUT2D eigenvalue weighted by Crippen LogP contribution is -2.03. The Morgan fingerprint density at radius 1 is 1.00 bits per heavy atom. The van der Waals surface area contributed by atoms with E-state index >= 15 is 0 Å². The van der Waals surface area contributed by atoms with E-state index in [4.69, 9.17) is 26.1 Å². The number of methoxy groups -OCH3 is 2. The number of nitrogens with zero attached hydrogens (tertiary/aromatic N) is 2. The Balaban J connectivity index is 1.84. The zero-order valence-corrected chi connectivity index (χ0v) is 17.5. The number of hydrogen-bond acceptors (Lipinski definition) is 4. The van der Waals surface area contributed by atoms with Gasteiger partial charge < -0.3 is 19.4 Å². The van der Waals surface area contributed by atoms with E-state index in [0.29, 0.717) is 10.8 Å². The molecular weight excluding hydrogens is 386 g/mol. The molecule has 0 aliphatic carbocycles. The molecule has 5 nitrogen and oxygen atoms in total.